The van der Waals surface area contributed by atoms with Crippen LogP contribution in [0.2, 0.25) is 0 Å². The maximum atomic E-state index is 14.0. The van der Waals surface area contributed by atoms with E-state index in [0.717, 1.165) is 30.5 Å². The minimum absolute atomic E-state index is 0.0648. The molecule has 2 aromatic heterocycles. The molecule has 0 radical (unpaired) electrons. The van der Waals surface area contributed by atoms with E-state index in [1.54, 1.807) is 12.4 Å². The third-order valence-electron chi connectivity index (χ3n) is 6.31. The van der Waals surface area contributed by atoms with Crippen molar-refractivity contribution in [3.63, 3.8) is 0 Å². The van der Waals surface area contributed by atoms with E-state index in [2.05, 4.69) is 9.97 Å². The summed E-state index contributed by atoms with van der Waals surface area (Å²) in [6, 6.07) is 7.11. The highest BCUT2D eigenvalue weighted by molar-refractivity contribution is 5.82. The molecule has 3 heterocycles. The van der Waals surface area contributed by atoms with Gasteiger partial charge in [-0.05, 0) is 30.5 Å². The lowest BCUT2D eigenvalue weighted by molar-refractivity contribution is -0.141. The third-order valence-corrected chi connectivity index (χ3v) is 6.31. The lowest BCUT2D eigenvalue weighted by atomic mass is 9.96. The number of H-pyrrole nitrogens is 1. The van der Waals surface area contributed by atoms with Gasteiger partial charge in [0.2, 0.25) is 0 Å². The molecule has 1 atom stereocenters. The maximum absolute atomic E-state index is 14.0. The number of amides is 1. The van der Waals surface area contributed by atoms with Crippen molar-refractivity contribution in [2.45, 2.75) is 37.3 Å². The number of carbonyl (C=O) groups excluding carboxylic acids is 1. The summed E-state index contributed by atoms with van der Waals surface area (Å²) in [6.45, 7) is 0.139. The molecule has 1 amide bonds. The molecule has 0 saturated heterocycles. The number of aliphatic hydroxyl groups is 1. The summed E-state index contributed by atoms with van der Waals surface area (Å²) in [4.78, 5) is 38.6. The van der Waals surface area contributed by atoms with Crippen LogP contribution in [-0.4, -0.2) is 37.4 Å². The predicted octanol–water partition coefficient (Wildman–Crippen LogP) is 2.14. The van der Waals surface area contributed by atoms with E-state index < -0.39 is 29.2 Å². The number of aromatic nitrogens is 3. The molecule has 1 unspecified atom stereocenters. The zero-order chi connectivity index (χ0) is 22.5. The normalized spacial score (nSPS) is 17.5. The highest BCUT2D eigenvalue weighted by Crippen LogP contribution is 2.51. The monoisotopic (exact) mass is 438 g/mol. The standard InChI is InChI=1S/C23H20F2N4O3/c24-16-5-1-4-14(18(16)25)19(30)21(32)29-10-6-17-15(12-29)20(31)28-22(27-17)23(7-8-23)13-3-2-9-26-11-13/h1-5,9,11,19,30H,6-8,10,12H2,(H,27,28,31). The fraction of sp³-hybridized carbons (Fsp3) is 0.304. The Balaban J connectivity index is 1.41. The smallest absolute Gasteiger partial charge is 0.256 e. The molecular formula is C23H20F2N4O3. The Kier molecular flexibility index (Phi) is 4.85. The summed E-state index contributed by atoms with van der Waals surface area (Å²) >= 11 is 0. The summed E-state index contributed by atoms with van der Waals surface area (Å²) in [7, 11) is 0. The van der Waals surface area contributed by atoms with Gasteiger partial charge in [-0.3, -0.25) is 14.6 Å². The van der Waals surface area contributed by atoms with Crippen LogP contribution in [0.15, 0.2) is 47.5 Å². The van der Waals surface area contributed by atoms with Crippen LogP contribution >= 0.6 is 0 Å². The highest BCUT2D eigenvalue weighted by Gasteiger charge is 2.49. The number of aliphatic hydroxyl groups excluding tert-OH is 1. The SMILES string of the molecule is O=C(C(O)c1cccc(F)c1F)N1CCc2nc(C3(c4cccnc4)CC3)[nH]c(=O)c2C1. The summed E-state index contributed by atoms with van der Waals surface area (Å²) in [5.74, 6) is -2.61. The minimum Gasteiger partial charge on any atom is -0.378 e. The van der Waals surface area contributed by atoms with Gasteiger partial charge in [0.25, 0.3) is 11.5 Å². The molecular weight excluding hydrogens is 418 g/mol. The first-order valence-corrected chi connectivity index (χ1v) is 10.3. The number of fused-ring (bicyclic) bond motifs is 1. The van der Waals surface area contributed by atoms with Gasteiger partial charge in [0.15, 0.2) is 17.7 Å². The molecule has 3 aromatic rings. The Morgan fingerprint density at radius 3 is 2.75 bits per heavy atom. The van der Waals surface area contributed by atoms with E-state index in [-0.39, 0.29) is 24.1 Å². The van der Waals surface area contributed by atoms with Crippen LogP contribution in [0.4, 0.5) is 8.78 Å². The van der Waals surface area contributed by atoms with Crippen LogP contribution in [0.3, 0.4) is 0 Å². The number of halogens is 2. The molecule has 5 rings (SSSR count). The van der Waals surface area contributed by atoms with Crippen LogP contribution in [0.25, 0.3) is 0 Å². The number of aromatic amines is 1. The van der Waals surface area contributed by atoms with E-state index >= 15 is 0 Å². The van der Waals surface area contributed by atoms with Crippen molar-refractivity contribution in [1.82, 2.24) is 19.9 Å². The zero-order valence-corrected chi connectivity index (χ0v) is 17.0. The van der Waals surface area contributed by atoms with E-state index in [0.29, 0.717) is 23.5 Å². The Bertz CT molecular complexity index is 1260. The molecule has 2 aliphatic rings. The molecule has 2 N–H and O–H groups in total. The summed E-state index contributed by atoms with van der Waals surface area (Å²) in [5.41, 5.74) is 0.813. The van der Waals surface area contributed by atoms with E-state index in [9.17, 15) is 23.5 Å². The topological polar surface area (TPSA) is 99.2 Å². The van der Waals surface area contributed by atoms with Crippen molar-refractivity contribution >= 4 is 5.91 Å². The second-order valence-corrected chi connectivity index (χ2v) is 8.22. The largest absolute Gasteiger partial charge is 0.378 e. The van der Waals surface area contributed by atoms with Gasteiger partial charge >= 0.3 is 0 Å². The minimum atomic E-state index is -1.86. The first-order valence-electron chi connectivity index (χ1n) is 10.3. The number of hydrogen-bond donors (Lipinski definition) is 2. The van der Waals surface area contributed by atoms with Crippen LogP contribution in [0.5, 0.6) is 0 Å². The molecule has 32 heavy (non-hydrogen) atoms. The van der Waals surface area contributed by atoms with E-state index in [1.807, 2.05) is 12.1 Å². The Morgan fingerprint density at radius 1 is 1.22 bits per heavy atom. The van der Waals surface area contributed by atoms with Crippen LogP contribution in [-0.2, 0) is 23.2 Å². The molecule has 1 fully saturated rings. The molecule has 0 spiro atoms. The average Bonchev–Trinajstić information content (AvgIpc) is 3.62. The van der Waals surface area contributed by atoms with Gasteiger partial charge in [-0.25, -0.2) is 13.8 Å². The number of nitrogens with one attached hydrogen (secondary N) is 1. The zero-order valence-electron chi connectivity index (χ0n) is 17.0. The van der Waals surface area contributed by atoms with E-state index in [1.165, 1.54) is 11.0 Å². The quantitative estimate of drug-likeness (QED) is 0.650. The van der Waals surface area contributed by atoms with Crippen molar-refractivity contribution < 1.29 is 18.7 Å². The summed E-state index contributed by atoms with van der Waals surface area (Å²) in [6.07, 6.45) is 3.64. The number of carbonyl (C=O) groups is 1. The molecule has 1 aromatic carbocycles. The van der Waals surface area contributed by atoms with Crippen molar-refractivity contribution in [2.75, 3.05) is 6.54 Å². The Morgan fingerprint density at radius 2 is 2.03 bits per heavy atom. The third kappa shape index (κ3) is 3.29. The fourth-order valence-corrected chi connectivity index (χ4v) is 4.31. The molecule has 1 aliphatic heterocycles. The van der Waals surface area contributed by atoms with Crippen molar-refractivity contribution in [3.8, 4) is 0 Å². The predicted molar refractivity (Wildman–Crippen MR) is 110 cm³/mol. The van der Waals surface area contributed by atoms with Crippen LogP contribution in [0, 0.1) is 11.6 Å². The average molecular weight is 438 g/mol. The van der Waals surface area contributed by atoms with Gasteiger partial charge in [0, 0.05) is 30.9 Å². The second kappa shape index (κ2) is 7.59. The maximum Gasteiger partial charge on any atom is 0.256 e. The molecule has 7 nitrogen and oxygen atoms in total. The lowest BCUT2D eigenvalue weighted by Gasteiger charge is -2.30. The molecule has 0 bridgehead atoms. The fourth-order valence-electron chi connectivity index (χ4n) is 4.31. The van der Waals surface area contributed by atoms with Gasteiger partial charge in [0.05, 0.1) is 23.2 Å². The Labute approximate surface area is 181 Å². The van der Waals surface area contributed by atoms with Gasteiger partial charge in [0.1, 0.15) is 5.82 Å². The number of benzene rings is 1. The van der Waals surface area contributed by atoms with Gasteiger partial charge in [-0.2, -0.15) is 0 Å². The van der Waals surface area contributed by atoms with Gasteiger partial charge < -0.3 is 15.0 Å². The number of nitrogens with zero attached hydrogens (tertiary/aromatic N) is 3. The number of pyridine rings is 1. The van der Waals surface area contributed by atoms with E-state index in [4.69, 9.17) is 4.98 Å². The number of hydrogen-bond acceptors (Lipinski definition) is 5. The van der Waals surface area contributed by atoms with Crippen molar-refractivity contribution in [2.24, 2.45) is 0 Å². The van der Waals surface area contributed by atoms with Gasteiger partial charge in [-0.1, -0.05) is 18.2 Å². The second-order valence-electron chi connectivity index (χ2n) is 8.22. The van der Waals surface area contributed by atoms with Crippen molar-refractivity contribution in [3.05, 3.63) is 92.9 Å². The molecule has 1 saturated carbocycles. The summed E-state index contributed by atoms with van der Waals surface area (Å²) in [5, 5.41) is 10.3. The molecule has 9 heteroatoms. The Hall–Kier alpha value is -3.46. The summed E-state index contributed by atoms with van der Waals surface area (Å²) < 4.78 is 27.5. The number of rotatable bonds is 4. The first-order chi connectivity index (χ1) is 15.4. The molecule has 164 valence electrons. The molecule has 1 aliphatic carbocycles. The van der Waals surface area contributed by atoms with Crippen molar-refractivity contribution in [1.29, 1.82) is 0 Å². The first kappa shape index (κ1) is 20.4. The highest BCUT2D eigenvalue weighted by atomic mass is 19.2. The van der Waals surface area contributed by atoms with Crippen LogP contribution in [0.1, 0.15) is 47.2 Å². The lowest BCUT2D eigenvalue weighted by Crippen LogP contribution is -2.42. The van der Waals surface area contributed by atoms with Gasteiger partial charge in [-0.15, -0.1) is 0 Å². The van der Waals surface area contributed by atoms with Crippen LogP contribution < -0.4 is 5.56 Å².